The standard InChI is InChI=1S/C19H26N2/c1-2-18-9-5-12-21-13-11-19(17(18)21)14-6-3-4-7-15(14)20-16(19)8-10-18/h3-4,6-7,16-17,20H,2,5,8-13H2,1H3. The largest absolute Gasteiger partial charge is 0.381 e. The number of rotatable bonds is 1. The fourth-order valence-corrected chi connectivity index (χ4v) is 6.60. The van der Waals surface area contributed by atoms with Crippen molar-refractivity contribution in [2.75, 3.05) is 18.4 Å². The maximum Gasteiger partial charge on any atom is 0.0382 e. The van der Waals surface area contributed by atoms with Crippen molar-refractivity contribution in [3.63, 3.8) is 0 Å². The fraction of sp³-hybridized carbons (Fsp3) is 0.684. The third-order valence-corrected chi connectivity index (χ3v) is 7.38. The van der Waals surface area contributed by atoms with Crippen LogP contribution in [0.5, 0.6) is 0 Å². The lowest BCUT2D eigenvalue weighted by Gasteiger charge is -2.58. The molecule has 1 aromatic carbocycles. The lowest BCUT2D eigenvalue weighted by atomic mass is 9.52. The Bertz CT molecular complexity index is 583. The van der Waals surface area contributed by atoms with Gasteiger partial charge in [0.1, 0.15) is 0 Å². The van der Waals surface area contributed by atoms with Crippen molar-refractivity contribution in [3.05, 3.63) is 29.8 Å². The zero-order valence-corrected chi connectivity index (χ0v) is 13.1. The van der Waals surface area contributed by atoms with Crippen LogP contribution in [0.25, 0.3) is 0 Å². The molecule has 0 aromatic heterocycles. The molecule has 2 nitrogen and oxygen atoms in total. The van der Waals surface area contributed by atoms with Gasteiger partial charge in [0.15, 0.2) is 0 Å². The number of benzene rings is 1. The molecule has 5 rings (SSSR count). The summed E-state index contributed by atoms with van der Waals surface area (Å²) in [7, 11) is 0. The normalized spacial score (nSPS) is 43.9. The summed E-state index contributed by atoms with van der Waals surface area (Å²) in [4.78, 5) is 2.86. The molecule has 4 atom stereocenters. The van der Waals surface area contributed by atoms with Gasteiger partial charge in [-0.05, 0) is 68.7 Å². The van der Waals surface area contributed by atoms with E-state index in [4.69, 9.17) is 0 Å². The van der Waals surface area contributed by atoms with E-state index in [0.29, 0.717) is 16.9 Å². The van der Waals surface area contributed by atoms with Crippen molar-refractivity contribution in [1.29, 1.82) is 0 Å². The minimum atomic E-state index is 0.408. The molecule has 3 aliphatic heterocycles. The summed E-state index contributed by atoms with van der Waals surface area (Å²) in [6.45, 7) is 5.10. The van der Waals surface area contributed by atoms with Crippen molar-refractivity contribution in [3.8, 4) is 0 Å². The molecule has 0 radical (unpaired) electrons. The van der Waals surface area contributed by atoms with Gasteiger partial charge in [-0.15, -0.1) is 0 Å². The van der Waals surface area contributed by atoms with E-state index in [1.807, 2.05) is 0 Å². The first-order valence-corrected chi connectivity index (χ1v) is 8.90. The highest BCUT2D eigenvalue weighted by molar-refractivity contribution is 5.64. The topological polar surface area (TPSA) is 15.3 Å². The highest BCUT2D eigenvalue weighted by Gasteiger charge is 2.65. The van der Waals surface area contributed by atoms with Crippen LogP contribution in [0.4, 0.5) is 5.69 Å². The van der Waals surface area contributed by atoms with E-state index in [9.17, 15) is 0 Å². The van der Waals surface area contributed by atoms with Crippen LogP contribution < -0.4 is 5.32 Å². The van der Waals surface area contributed by atoms with Crippen LogP contribution in [-0.2, 0) is 5.41 Å². The molecule has 1 saturated carbocycles. The number of anilines is 1. The molecular weight excluding hydrogens is 256 g/mol. The Morgan fingerprint density at radius 1 is 1.19 bits per heavy atom. The third kappa shape index (κ3) is 1.34. The first kappa shape index (κ1) is 12.5. The summed E-state index contributed by atoms with van der Waals surface area (Å²) < 4.78 is 0. The van der Waals surface area contributed by atoms with E-state index in [1.165, 1.54) is 57.3 Å². The van der Waals surface area contributed by atoms with Crippen molar-refractivity contribution in [2.24, 2.45) is 5.41 Å². The first-order chi connectivity index (χ1) is 10.3. The summed E-state index contributed by atoms with van der Waals surface area (Å²) in [5.41, 5.74) is 4.07. The molecular formula is C19H26N2. The number of fused-ring (bicyclic) bond motifs is 1. The Morgan fingerprint density at radius 3 is 3.00 bits per heavy atom. The van der Waals surface area contributed by atoms with Gasteiger partial charge in [0.25, 0.3) is 0 Å². The molecule has 1 N–H and O–H groups in total. The quantitative estimate of drug-likeness (QED) is 0.843. The predicted octanol–water partition coefficient (Wildman–Crippen LogP) is 3.78. The SMILES string of the molecule is CCC12CCCN3CCC4(c5ccccc5NC4CC1)C32. The van der Waals surface area contributed by atoms with Gasteiger partial charge < -0.3 is 5.32 Å². The number of hydrogen-bond acceptors (Lipinski definition) is 2. The van der Waals surface area contributed by atoms with E-state index < -0.39 is 0 Å². The molecule has 1 aromatic rings. The highest BCUT2D eigenvalue weighted by atomic mass is 15.2. The van der Waals surface area contributed by atoms with E-state index >= 15 is 0 Å². The van der Waals surface area contributed by atoms with Crippen molar-refractivity contribution < 1.29 is 0 Å². The number of hydrogen-bond donors (Lipinski definition) is 1. The van der Waals surface area contributed by atoms with Gasteiger partial charge in [0.05, 0.1) is 0 Å². The van der Waals surface area contributed by atoms with Gasteiger partial charge in [0.2, 0.25) is 0 Å². The van der Waals surface area contributed by atoms with Crippen LogP contribution in [-0.4, -0.2) is 30.1 Å². The van der Waals surface area contributed by atoms with Gasteiger partial charge in [-0.1, -0.05) is 25.1 Å². The van der Waals surface area contributed by atoms with Crippen LogP contribution in [0, 0.1) is 5.41 Å². The lowest BCUT2D eigenvalue weighted by Crippen LogP contribution is -2.63. The summed E-state index contributed by atoms with van der Waals surface area (Å²) >= 11 is 0. The number of para-hydroxylation sites is 1. The first-order valence-electron chi connectivity index (χ1n) is 8.90. The van der Waals surface area contributed by atoms with Crippen LogP contribution in [0.3, 0.4) is 0 Å². The zero-order chi connectivity index (χ0) is 14.1. The summed E-state index contributed by atoms with van der Waals surface area (Å²) in [6.07, 6.45) is 8.41. The third-order valence-electron chi connectivity index (χ3n) is 7.38. The van der Waals surface area contributed by atoms with E-state index in [0.717, 1.165) is 6.04 Å². The second-order valence-electron chi connectivity index (χ2n) is 7.83. The second-order valence-corrected chi connectivity index (χ2v) is 7.83. The number of nitrogens with one attached hydrogen (secondary N) is 1. The van der Waals surface area contributed by atoms with Crippen molar-refractivity contribution in [1.82, 2.24) is 4.90 Å². The Morgan fingerprint density at radius 2 is 2.10 bits per heavy atom. The Kier molecular flexibility index (Phi) is 2.41. The van der Waals surface area contributed by atoms with Crippen LogP contribution in [0.15, 0.2) is 24.3 Å². The van der Waals surface area contributed by atoms with Crippen molar-refractivity contribution >= 4 is 5.69 Å². The number of piperidine rings is 1. The molecule has 3 fully saturated rings. The predicted molar refractivity (Wildman–Crippen MR) is 86.7 cm³/mol. The maximum absolute atomic E-state index is 3.90. The summed E-state index contributed by atoms with van der Waals surface area (Å²) in [5.74, 6) is 0. The van der Waals surface area contributed by atoms with E-state index in [2.05, 4.69) is 41.4 Å². The minimum absolute atomic E-state index is 0.408. The molecule has 3 heterocycles. The molecule has 4 unspecified atom stereocenters. The Labute approximate surface area is 127 Å². The van der Waals surface area contributed by atoms with E-state index in [-0.39, 0.29) is 0 Å². The molecule has 112 valence electrons. The molecule has 2 heteroatoms. The monoisotopic (exact) mass is 282 g/mol. The van der Waals surface area contributed by atoms with Gasteiger partial charge in [0, 0.05) is 23.2 Å². The highest BCUT2D eigenvalue weighted by Crippen LogP contribution is 2.63. The van der Waals surface area contributed by atoms with Crippen LogP contribution >= 0.6 is 0 Å². The van der Waals surface area contributed by atoms with Crippen LogP contribution in [0.1, 0.15) is 51.0 Å². The number of nitrogens with zero attached hydrogens (tertiary/aromatic N) is 1. The van der Waals surface area contributed by atoms with Gasteiger partial charge in [-0.25, -0.2) is 0 Å². The minimum Gasteiger partial charge on any atom is -0.381 e. The molecule has 1 aliphatic carbocycles. The fourth-order valence-electron chi connectivity index (χ4n) is 6.60. The zero-order valence-electron chi connectivity index (χ0n) is 13.1. The smallest absolute Gasteiger partial charge is 0.0382 e. The van der Waals surface area contributed by atoms with Gasteiger partial charge in [-0.2, -0.15) is 0 Å². The Hall–Kier alpha value is -1.02. The average Bonchev–Trinajstić information content (AvgIpc) is 3.08. The molecule has 1 spiro atoms. The molecule has 0 amide bonds. The van der Waals surface area contributed by atoms with E-state index in [1.54, 1.807) is 5.56 Å². The Balaban J connectivity index is 1.72. The summed E-state index contributed by atoms with van der Waals surface area (Å²) in [5, 5.41) is 3.90. The molecule has 2 saturated heterocycles. The van der Waals surface area contributed by atoms with Gasteiger partial charge >= 0.3 is 0 Å². The molecule has 4 aliphatic rings. The molecule has 0 bridgehead atoms. The summed E-state index contributed by atoms with van der Waals surface area (Å²) in [6, 6.07) is 10.7. The van der Waals surface area contributed by atoms with Crippen molar-refractivity contribution in [2.45, 2.75) is 62.9 Å². The lowest BCUT2D eigenvalue weighted by molar-refractivity contribution is -0.0309. The molecule has 21 heavy (non-hydrogen) atoms. The second kappa shape index (κ2) is 4.04. The average molecular weight is 282 g/mol. The van der Waals surface area contributed by atoms with Gasteiger partial charge in [-0.3, -0.25) is 4.90 Å². The van der Waals surface area contributed by atoms with Crippen LogP contribution in [0.2, 0.25) is 0 Å². The maximum atomic E-state index is 3.90.